The SMILES string of the molecule is Cc1ccccc1C1CC(=O)N(c2ccccc2C)C2=C1C(=O)CC(C)(C)C2. The van der Waals surface area contributed by atoms with Crippen LogP contribution >= 0.6 is 0 Å². The molecule has 0 fully saturated rings. The lowest BCUT2D eigenvalue weighted by Gasteiger charge is -2.43. The lowest BCUT2D eigenvalue weighted by molar-refractivity contribution is -0.121. The Balaban J connectivity index is 1.94. The third-order valence-corrected chi connectivity index (χ3v) is 6.06. The monoisotopic (exact) mass is 373 g/mol. The summed E-state index contributed by atoms with van der Waals surface area (Å²) in [5.74, 6) is 0.116. The zero-order valence-electron chi connectivity index (χ0n) is 17.1. The number of Topliss-reactive ketones (excluding diaryl/α,β-unsaturated/α-hetero) is 1. The zero-order chi connectivity index (χ0) is 20.1. The number of allylic oxidation sites excluding steroid dienone is 2. The first kappa shape index (κ1) is 18.7. The van der Waals surface area contributed by atoms with Crippen molar-refractivity contribution in [3.8, 4) is 0 Å². The van der Waals surface area contributed by atoms with Crippen LogP contribution in [-0.4, -0.2) is 11.7 Å². The molecule has 1 unspecified atom stereocenters. The highest BCUT2D eigenvalue weighted by atomic mass is 16.2. The number of aryl methyl sites for hydroxylation is 2. The van der Waals surface area contributed by atoms with Gasteiger partial charge >= 0.3 is 0 Å². The molecule has 0 spiro atoms. The number of anilines is 1. The van der Waals surface area contributed by atoms with Crippen molar-refractivity contribution < 1.29 is 9.59 Å². The minimum Gasteiger partial charge on any atom is -0.294 e. The second-order valence-electron chi connectivity index (χ2n) is 8.93. The Bertz CT molecular complexity index is 999. The summed E-state index contributed by atoms with van der Waals surface area (Å²) in [5.41, 5.74) is 5.78. The summed E-state index contributed by atoms with van der Waals surface area (Å²) >= 11 is 0. The number of amides is 1. The number of hydrogen-bond acceptors (Lipinski definition) is 2. The Morgan fingerprint density at radius 1 is 0.893 bits per heavy atom. The van der Waals surface area contributed by atoms with Gasteiger partial charge in [-0.1, -0.05) is 56.3 Å². The summed E-state index contributed by atoms with van der Waals surface area (Å²) in [4.78, 5) is 28.5. The molecule has 4 rings (SSSR count). The van der Waals surface area contributed by atoms with Crippen LogP contribution in [0.5, 0.6) is 0 Å². The van der Waals surface area contributed by atoms with Crippen molar-refractivity contribution in [2.75, 3.05) is 4.90 Å². The highest BCUT2D eigenvalue weighted by molar-refractivity contribution is 6.08. The molecule has 1 atom stereocenters. The molecule has 2 aromatic rings. The smallest absolute Gasteiger partial charge is 0.232 e. The quantitative estimate of drug-likeness (QED) is 0.700. The van der Waals surface area contributed by atoms with Gasteiger partial charge in [-0.25, -0.2) is 0 Å². The molecule has 0 saturated heterocycles. The molecule has 1 aliphatic heterocycles. The standard InChI is InChI=1S/C25H27NO2/c1-16-9-5-7-11-18(16)19-13-23(28)26(20-12-8-6-10-17(20)2)21-14-25(3,4)15-22(27)24(19)21/h5-12,19H,13-15H2,1-4H3. The Kier molecular flexibility index (Phi) is 4.49. The number of rotatable bonds is 2. The molecule has 0 saturated carbocycles. The van der Waals surface area contributed by atoms with Crippen LogP contribution in [0.4, 0.5) is 5.69 Å². The molecule has 1 heterocycles. The van der Waals surface area contributed by atoms with Gasteiger partial charge in [0.2, 0.25) is 5.91 Å². The fourth-order valence-corrected chi connectivity index (χ4v) is 4.75. The number of para-hydroxylation sites is 1. The molecule has 2 aromatic carbocycles. The molecule has 0 radical (unpaired) electrons. The number of carbonyl (C=O) groups excluding carboxylic acids is 2. The summed E-state index contributed by atoms with van der Waals surface area (Å²) in [7, 11) is 0. The molecule has 0 aromatic heterocycles. The van der Waals surface area contributed by atoms with Crippen molar-refractivity contribution in [2.45, 2.75) is 52.9 Å². The largest absolute Gasteiger partial charge is 0.294 e. The molecule has 3 nitrogen and oxygen atoms in total. The Morgan fingerprint density at radius 3 is 2.21 bits per heavy atom. The third kappa shape index (κ3) is 3.09. The van der Waals surface area contributed by atoms with E-state index in [0.29, 0.717) is 12.8 Å². The average Bonchev–Trinajstić information content (AvgIpc) is 2.61. The number of benzene rings is 2. The summed E-state index contributed by atoms with van der Waals surface area (Å²) in [6, 6.07) is 16.1. The Morgan fingerprint density at radius 2 is 1.54 bits per heavy atom. The predicted molar refractivity (Wildman–Crippen MR) is 112 cm³/mol. The lowest BCUT2D eigenvalue weighted by atomic mass is 9.69. The van der Waals surface area contributed by atoms with E-state index in [2.05, 4.69) is 32.9 Å². The van der Waals surface area contributed by atoms with Gasteiger partial charge in [0.1, 0.15) is 0 Å². The van der Waals surface area contributed by atoms with E-state index >= 15 is 0 Å². The van der Waals surface area contributed by atoms with E-state index in [-0.39, 0.29) is 23.0 Å². The van der Waals surface area contributed by atoms with Crippen LogP contribution in [-0.2, 0) is 9.59 Å². The number of nitrogens with zero attached hydrogens (tertiary/aromatic N) is 1. The summed E-state index contributed by atoms with van der Waals surface area (Å²) in [6.07, 6.45) is 1.60. The first-order valence-electron chi connectivity index (χ1n) is 9.99. The third-order valence-electron chi connectivity index (χ3n) is 6.06. The Labute approximate surface area is 167 Å². The van der Waals surface area contributed by atoms with Crippen molar-refractivity contribution in [3.05, 3.63) is 76.5 Å². The maximum atomic E-state index is 13.4. The normalized spacial score (nSPS) is 21.7. The van der Waals surface area contributed by atoms with E-state index in [0.717, 1.165) is 40.1 Å². The molecule has 2 aliphatic rings. The van der Waals surface area contributed by atoms with Crippen LogP contribution < -0.4 is 4.90 Å². The van der Waals surface area contributed by atoms with E-state index in [1.54, 1.807) is 0 Å². The number of ketones is 1. The van der Waals surface area contributed by atoms with Gasteiger partial charge in [0.15, 0.2) is 5.78 Å². The minimum atomic E-state index is -0.148. The fraction of sp³-hybridized carbons (Fsp3) is 0.360. The lowest BCUT2D eigenvalue weighted by Crippen LogP contribution is -2.44. The molecule has 1 aliphatic carbocycles. The van der Waals surface area contributed by atoms with Crippen molar-refractivity contribution >= 4 is 17.4 Å². The van der Waals surface area contributed by atoms with E-state index in [9.17, 15) is 9.59 Å². The van der Waals surface area contributed by atoms with E-state index < -0.39 is 0 Å². The number of carbonyl (C=O) groups is 2. The van der Waals surface area contributed by atoms with Gasteiger partial charge < -0.3 is 0 Å². The molecule has 3 heteroatoms. The highest BCUT2D eigenvalue weighted by Gasteiger charge is 2.44. The van der Waals surface area contributed by atoms with E-state index in [1.807, 2.05) is 48.2 Å². The summed E-state index contributed by atoms with van der Waals surface area (Å²) in [6.45, 7) is 8.32. The van der Waals surface area contributed by atoms with Gasteiger partial charge in [-0.2, -0.15) is 0 Å². The van der Waals surface area contributed by atoms with Gasteiger partial charge in [0.25, 0.3) is 0 Å². The van der Waals surface area contributed by atoms with Crippen LogP contribution in [0.2, 0.25) is 0 Å². The van der Waals surface area contributed by atoms with E-state index in [4.69, 9.17) is 0 Å². The Hall–Kier alpha value is -2.68. The van der Waals surface area contributed by atoms with Crippen molar-refractivity contribution in [2.24, 2.45) is 5.41 Å². The van der Waals surface area contributed by atoms with Gasteiger partial charge in [0.05, 0.1) is 5.69 Å². The molecule has 28 heavy (non-hydrogen) atoms. The van der Waals surface area contributed by atoms with E-state index in [1.165, 1.54) is 0 Å². The van der Waals surface area contributed by atoms with Gasteiger partial charge in [-0.3, -0.25) is 14.5 Å². The molecule has 0 N–H and O–H groups in total. The van der Waals surface area contributed by atoms with Crippen molar-refractivity contribution in [1.29, 1.82) is 0 Å². The highest BCUT2D eigenvalue weighted by Crippen LogP contribution is 2.48. The second-order valence-corrected chi connectivity index (χ2v) is 8.93. The predicted octanol–water partition coefficient (Wildman–Crippen LogP) is 5.47. The van der Waals surface area contributed by atoms with Crippen LogP contribution in [0.3, 0.4) is 0 Å². The maximum Gasteiger partial charge on any atom is 0.232 e. The molecule has 0 bridgehead atoms. The minimum absolute atomic E-state index is 0.0757. The summed E-state index contributed by atoms with van der Waals surface area (Å²) in [5, 5.41) is 0. The average molecular weight is 373 g/mol. The first-order chi connectivity index (χ1) is 13.3. The van der Waals surface area contributed by atoms with Crippen molar-refractivity contribution in [3.63, 3.8) is 0 Å². The van der Waals surface area contributed by atoms with Crippen molar-refractivity contribution in [1.82, 2.24) is 0 Å². The first-order valence-corrected chi connectivity index (χ1v) is 9.99. The van der Waals surface area contributed by atoms with Gasteiger partial charge in [0, 0.05) is 30.0 Å². The van der Waals surface area contributed by atoms with Gasteiger partial charge in [-0.15, -0.1) is 0 Å². The van der Waals surface area contributed by atoms with Gasteiger partial charge in [-0.05, 0) is 48.4 Å². The van der Waals surface area contributed by atoms with Crippen LogP contribution in [0.1, 0.15) is 55.7 Å². The topological polar surface area (TPSA) is 37.4 Å². The van der Waals surface area contributed by atoms with Crippen LogP contribution in [0, 0.1) is 19.3 Å². The van der Waals surface area contributed by atoms with Crippen LogP contribution in [0.25, 0.3) is 0 Å². The molecule has 1 amide bonds. The molecular formula is C25H27NO2. The second kappa shape index (κ2) is 6.73. The fourth-order valence-electron chi connectivity index (χ4n) is 4.75. The number of hydrogen-bond donors (Lipinski definition) is 0. The summed E-state index contributed by atoms with van der Waals surface area (Å²) < 4.78 is 0. The van der Waals surface area contributed by atoms with Crippen LogP contribution in [0.15, 0.2) is 59.8 Å². The maximum absolute atomic E-state index is 13.4. The molecule has 144 valence electrons. The molecular weight excluding hydrogens is 346 g/mol. The zero-order valence-corrected chi connectivity index (χ0v) is 17.1.